The first-order valence-corrected chi connectivity index (χ1v) is 4.37. The molecule has 88 valence electrons. The molecule has 0 radical (unpaired) electrons. The Kier molecular flexibility index (Phi) is 3.58. The van der Waals surface area contributed by atoms with Gasteiger partial charge < -0.3 is 10.4 Å². The SMILES string of the molecule is O=C(O)c1ccnc(NCC(F)(F)F)c1Cl. The van der Waals surface area contributed by atoms with Gasteiger partial charge in [0.2, 0.25) is 0 Å². The summed E-state index contributed by atoms with van der Waals surface area (Å²) in [5, 5.41) is 10.2. The molecule has 0 bridgehead atoms. The Morgan fingerprint density at radius 1 is 1.56 bits per heavy atom. The normalized spacial score (nSPS) is 11.2. The molecule has 0 amide bonds. The average molecular weight is 255 g/mol. The summed E-state index contributed by atoms with van der Waals surface area (Å²) in [4.78, 5) is 14.1. The van der Waals surface area contributed by atoms with Crippen LogP contribution in [-0.2, 0) is 0 Å². The molecule has 2 N–H and O–H groups in total. The molecule has 0 aromatic carbocycles. The number of rotatable bonds is 3. The summed E-state index contributed by atoms with van der Waals surface area (Å²) >= 11 is 5.56. The fourth-order valence-electron chi connectivity index (χ4n) is 0.916. The first kappa shape index (κ1) is 12.6. The van der Waals surface area contributed by atoms with E-state index >= 15 is 0 Å². The van der Waals surface area contributed by atoms with Crippen LogP contribution in [0.25, 0.3) is 0 Å². The number of nitrogens with zero attached hydrogens (tertiary/aromatic N) is 1. The van der Waals surface area contributed by atoms with Crippen LogP contribution < -0.4 is 5.32 Å². The third-order valence-corrected chi connectivity index (χ3v) is 1.96. The second-order valence-corrected chi connectivity index (χ2v) is 3.17. The third-order valence-electron chi connectivity index (χ3n) is 1.58. The number of aromatic carboxylic acids is 1. The number of carboxylic acid groups (broad SMARTS) is 1. The molecule has 0 aliphatic heterocycles. The maximum absolute atomic E-state index is 11.9. The summed E-state index contributed by atoms with van der Waals surface area (Å²) in [6, 6.07) is 1.10. The van der Waals surface area contributed by atoms with Crippen molar-refractivity contribution in [2.24, 2.45) is 0 Å². The predicted molar refractivity (Wildman–Crippen MR) is 50.8 cm³/mol. The molecule has 1 aromatic heterocycles. The summed E-state index contributed by atoms with van der Waals surface area (Å²) in [5.41, 5.74) is -0.304. The molecule has 0 fully saturated rings. The Balaban J connectivity index is 2.90. The largest absolute Gasteiger partial charge is 0.478 e. The zero-order chi connectivity index (χ0) is 12.3. The Morgan fingerprint density at radius 3 is 2.69 bits per heavy atom. The van der Waals surface area contributed by atoms with Crippen molar-refractivity contribution in [1.29, 1.82) is 0 Å². The van der Waals surface area contributed by atoms with E-state index in [-0.39, 0.29) is 16.4 Å². The maximum Gasteiger partial charge on any atom is 0.405 e. The van der Waals surface area contributed by atoms with Gasteiger partial charge in [0.25, 0.3) is 0 Å². The van der Waals surface area contributed by atoms with Gasteiger partial charge >= 0.3 is 12.1 Å². The molecule has 0 atom stereocenters. The van der Waals surface area contributed by atoms with E-state index in [1.165, 1.54) is 0 Å². The van der Waals surface area contributed by atoms with Crippen LogP contribution in [0.5, 0.6) is 0 Å². The molecule has 0 aliphatic rings. The minimum absolute atomic E-state index is 0.304. The van der Waals surface area contributed by atoms with Crippen LogP contribution in [0.15, 0.2) is 12.3 Å². The van der Waals surface area contributed by atoms with Crippen LogP contribution in [0.2, 0.25) is 5.02 Å². The molecule has 0 aliphatic carbocycles. The van der Waals surface area contributed by atoms with Gasteiger partial charge in [0.15, 0.2) is 0 Å². The monoisotopic (exact) mass is 254 g/mol. The zero-order valence-electron chi connectivity index (χ0n) is 7.68. The molecular formula is C8H6ClF3N2O2. The quantitative estimate of drug-likeness (QED) is 0.869. The van der Waals surface area contributed by atoms with Gasteiger partial charge in [-0.2, -0.15) is 13.2 Å². The van der Waals surface area contributed by atoms with Crippen molar-refractivity contribution in [3.8, 4) is 0 Å². The molecule has 8 heteroatoms. The summed E-state index contributed by atoms with van der Waals surface area (Å²) < 4.78 is 35.6. The number of carboxylic acids is 1. The lowest BCUT2D eigenvalue weighted by Crippen LogP contribution is -2.22. The van der Waals surface area contributed by atoms with Crippen LogP contribution in [-0.4, -0.2) is 28.8 Å². The lowest BCUT2D eigenvalue weighted by molar-refractivity contribution is -0.115. The van der Waals surface area contributed by atoms with Crippen molar-refractivity contribution >= 4 is 23.4 Å². The van der Waals surface area contributed by atoms with Gasteiger partial charge in [-0.25, -0.2) is 9.78 Å². The third kappa shape index (κ3) is 3.27. The molecule has 0 saturated carbocycles. The van der Waals surface area contributed by atoms with E-state index in [2.05, 4.69) is 4.98 Å². The van der Waals surface area contributed by atoms with Gasteiger partial charge in [-0.1, -0.05) is 11.6 Å². The van der Waals surface area contributed by atoms with Crippen molar-refractivity contribution in [2.75, 3.05) is 11.9 Å². The topological polar surface area (TPSA) is 62.2 Å². The van der Waals surface area contributed by atoms with Gasteiger partial charge in [-0.3, -0.25) is 0 Å². The Bertz CT molecular complexity index is 409. The minimum Gasteiger partial charge on any atom is -0.478 e. The number of pyridine rings is 1. The van der Waals surface area contributed by atoms with Gasteiger partial charge in [0.1, 0.15) is 12.4 Å². The first-order chi connectivity index (χ1) is 7.31. The molecule has 0 unspecified atom stereocenters. The van der Waals surface area contributed by atoms with Crippen LogP contribution >= 0.6 is 11.6 Å². The zero-order valence-corrected chi connectivity index (χ0v) is 8.43. The van der Waals surface area contributed by atoms with Gasteiger partial charge in [0.05, 0.1) is 10.6 Å². The number of aromatic nitrogens is 1. The van der Waals surface area contributed by atoms with E-state index in [1.807, 2.05) is 5.32 Å². The van der Waals surface area contributed by atoms with Crippen molar-refractivity contribution in [1.82, 2.24) is 4.98 Å². The lowest BCUT2D eigenvalue weighted by Gasteiger charge is -2.10. The highest BCUT2D eigenvalue weighted by Crippen LogP contribution is 2.25. The molecule has 1 aromatic rings. The van der Waals surface area contributed by atoms with Crippen LogP contribution in [0.3, 0.4) is 0 Å². The number of anilines is 1. The number of hydrogen-bond donors (Lipinski definition) is 2. The number of nitrogens with one attached hydrogen (secondary N) is 1. The maximum atomic E-state index is 11.9. The van der Waals surface area contributed by atoms with E-state index in [1.54, 1.807) is 0 Å². The molecule has 0 spiro atoms. The highest BCUT2D eigenvalue weighted by Gasteiger charge is 2.27. The van der Waals surface area contributed by atoms with Crippen molar-refractivity contribution in [3.63, 3.8) is 0 Å². The fraction of sp³-hybridized carbons (Fsp3) is 0.250. The molecular weight excluding hydrogens is 249 g/mol. The van der Waals surface area contributed by atoms with Crippen molar-refractivity contribution in [3.05, 3.63) is 22.8 Å². The average Bonchev–Trinajstić information content (AvgIpc) is 2.14. The van der Waals surface area contributed by atoms with Crippen LogP contribution in [0.4, 0.5) is 19.0 Å². The van der Waals surface area contributed by atoms with E-state index in [0.717, 1.165) is 12.3 Å². The van der Waals surface area contributed by atoms with Gasteiger partial charge in [0, 0.05) is 6.20 Å². The Morgan fingerprint density at radius 2 is 2.19 bits per heavy atom. The number of halogens is 4. The molecule has 1 heterocycles. The predicted octanol–water partition coefficient (Wildman–Crippen LogP) is 2.41. The summed E-state index contributed by atoms with van der Waals surface area (Å²) in [6.45, 7) is -1.33. The van der Waals surface area contributed by atoms with E-state index in [4.69, 9.17) is 16.7 Å². The molecule has 16 heavy (non-hydrogen) atoms. The highest BCUT2D eigenvalue weighted by molar-refractivity contribution is 6.35. The molecule has 1 rings (SSSR count). The smallest absolute Gasteiger partial charge is 0.405 e. The van der Waals surface area contributed by atoms with E-state index in [0.29, 0.717) is 0 Å². The number of hydrogen-bond acceptors (Lipinski definition) is 3. The summed E-state index contributed by atoms with van der Waals surface area (Å²) in [5.74, 6) is -1.64. The Hall–Kier alpha value is -1.50. The lowest BCUT2D eigenvalue weighted by atomic mass is 10.2. The minimum atomic E-state index is -4.43. The second kappa shape index (κ2) is 4.56. The van der Waals surface area contributed by atoms with E-state index < -0.39 is 18.7 Å². The molecule has 0 saturated heterocycles. The first-order valence-electron chi connectivity index (χ1n) is 3.99. The molecule has 4 nitrogen and oxygen atoms in total. The standard InChI is InChI=1S/C8H6ClF3N2O2/c9-5-4(7(15)16)1-2-13-6(5)14-3-8(10,11)12/h1-2H,3H2,(H,13,14)(H,15,16). The second-order valence-electron chi connectivity index (χ2n) is 2.79. The van der Waals surface area contributed by atoms with Crippen LogP contribution in [0, 0.1) is 0 Å². The number of alkyl halides is 3. The Labute approximate surface area is 93.1 Å². The van der Waals surface area contributed by atoms with Crippen LogP contribution in [0.1, 0.15) is 10.4 Å². The summed E-state index contributed by atoms with van der Waals surface area (Å²) in [6.07, 6.45) is -3.36. The number of carbonyl (C=O) groups is 1. The van der Waals surface area contributed by atoms with Gasteiger partial charge in [-0.05, 0) is 6.07 Å². The van der Waals surface area contributed by atoms with Crippen molar-refractivity contribution in [2.45, 2.75) is 6.18 Å². The van der Waals surface area contributed by atoms with E-state index in [9.17, 15) is 18.0 Å². The van der Waals surface area contributed by atoms with Crippen molar-refractivity contribution < 1.29 is 23.1 Å². The fourth-order valence-corrected chi connectivity index (χ4v) is 1.18. The highest BCUT2D eigenvalue weighted by atomic mass is 35.5. The van der Waals surface area contributed by atoms with Gasteiger partial charge in [-0.15, -0.1) is 0 Å². The summed E-state index contributed by atoms with van der Waals surface area (Å²) in [7, 11) is 0.